The Hall–Kier alpha value is -1.43. The second-order valence-corrected chi connectivity index (χ2v) is 18.8. The second kappa shape index (κ2) is 51.2. The molecule has 0 spiro atoms. The van der Waals surface area contributed by atoms with Crippen LogP contribution in [0.1, 0.15) is 290 Å². The minimum absolute atomic E-state index is 0.00461. The van der Waals surface area contributed by atoms with Crippen molar-refractivity contribution in [3.8, 4) is 0 Å². The van der Waals surface area contributed by atoms with E-state index in [1.165, 1.54) is 225 Å². The minimum atomic E-state index is -0.956. The maximum atomic E-state index is 12.4. The van der Waals surface area contributed by atoms with E-state index in [4.69, 9.17) is 0 Å². The highest BCUT2D eigenvalue weighted by atomic mass is 16.3. The van der Waals surface area contributed by atoms with Crippen LogP contribution in [0.2, 0.25) is 0 Å². The normalized spacial score (nSPS) is 13.6. The van der Waals surface area contributed by atoms with Gasteiger partial charge in [0.15, 0.2) is 0 Å². The molecule has 0 saturated heterocycles. The van der Waals surface area contributed by atoms with Crippen LogP contribution in [0.3, 0.4) is 0 Å². The molecule has 0 aliphatic carbocycles. The average molecular weight is 858 g/mol. The van der Waals surface area contributed by atoms with Crippen molar-refractivity contribution in [2.45, 2.75) is 308 Å². The topological polar surface area (TPSA) is 89.8 Å². The monoisotopic (exact) mass is 858 g/mol. The number of hydrogen-bond donors (Lipinski definition) is 4. The Kier molecular flexibility index (Phi) is 50.0. The van der Waals surface area contributed by atoms with E-state index in [1.807, 2.05) is 13.0 Å². The van der Waals surface area contributed by atoms with Gasteiger partial charge in [0.25, 0.3) is 0 Å². The third-order valence-corrected chi connectivity index (χ3v) is 12.8. The fraction of sp³-hybridized carbons (Fsp3) is 0.875. The quantitative estimate of drug-likeness (QED) is 0.0362. The largest absolute Gasteiger partial charge is 0.394 e. The van der Waals surface area contributed by atoms with Gasteiger partial charge < -0.3 is 20.6 Å². The number of aliphatic hydroxyl groups excluding tert-OH is 3. The smallest absolute Gasteiger partial charge is 0.222 e. The Balaban J connectivity index is 3.39. The van der Waals surface area contributed by atoms with Gasteiger partial charge in [0, 0.05) is 0 Å². The molecular weight excluding hydrogens is 751 g/mol. The molecule has 0 heterocycles. The predicted octanol–water partition coefficient (Wildman–Crippen LogP) is 16.7. The van der Waals surface area contributed by atoms with Crippen LogP contribution in [-0.4, -0.2) is 46.1 Å². The van der Waals surface area contributed by atoms with E-state index in [-0.39, 0.29) is 18.9 Å². The molecule has 0 aromatic carbocycles. The number of allylic oxidation sites excluding steroid dienone is 5. The Labute approximate surface area is 381 Å². The molecule has 0 aliphatic heterocycles. The lowest BCUT2D eigenvalue weighted by atomic mass is 10.0. The first kappa shape index (κ1) is 59.6. The first-order valence-electron chi connectivity index (χ1n) is 27.2. The lowest BCUT2D eigenvalue weighted by Gasteiger charge is -2.21. The molecule has 0 aliphatic rings. The molecular formula is C56H107NO4. The molecule has 3 atom stereocenters. The van der Waals surface area contributed by atoms with E-state index < -0.39 is 18.2 Å². The van der Waals surface area contributed by atoms with Crippen molar-refractivity contribution >= 4 is 5.91 Å². The number of amides is 1. The van der Waals surface area contributed by atoms with Crippen LogP contribution in [0.5, 0.6) is 0 Å². The van der Waals surface area contributed by atoms with Crippen LogP contribution in [0.15, 0.2) is 36.5 Å². The van der Waals surface area contributed by atoms with E-state index in [0.717, 1.165) is 38.5 Å². The summed E-state index contributed by atoms with van der Waals surface area (Å²) >= 11 is 0. The van der Waals surface area contributed by atoms with Crippen LogP contribution in [0.4, 0.5) is 0 Å². The average Bonchev–Trinajstić information content (AvgIpc) is 3.25. The summed E-state index contributed by atoms with van der Waals surface area (Å²) in [6.07, 6.45) is 66.8. The molecule has 1 amide bonds. The van der Waals surface area contributed by atoms with E-state index in [1.54, 1.807) is 6.08 Å². The number of unbranched alkanes of at least 4 members (excludes halogenated alkanes) is 38. The first-order valence-corrected chi connectivity index (χ1v) is 27.2. The highest BCUT2D eigenvalue weighted by molar-refractivity contribution is 5.76. The summed E-state index contributed by atoms with van der Waals surface area (Å²) in [5, 5.41) is 33.1. The van der Waals surface area contributed by atoms with Crippen molar-refractivity contribution < 1.29 is 20.1 Å². The van der Waals surface area contributed by atoms with Gasteiger partial charge in [0.05, 0.1) is 31.3 Å². The fourth-order valence-corrected chi connectivity index (χ4v) is 8.62. The van der Waals surface area contributed by atoms with Gasteiger partial charge in [-0.1, -0.05) is 281 Å². The van der Waals surface area contributed by atoms with Crippen molar-refractivity contribution in [2.24, 2.45) is 0 Å². The first-order chi connectivity index (χ1) is 30.0. The third-order valence-electron chi connectivity index (χ3n) is 12.8. The van der Waals surface area contributed by atoms with E-state index in [2.05, 4.69) is 36.5 Å². The van der Waals surface area contributed by atoms with Crippen molar-refractivity contribution in [2.75, 3.05) is 6.61 Å². The molecule has 360 valence electrons. The van der Waals surface area contributed by atoms with Gasteiger partial charge in [-0.15, -0.1) is 0 Å². The Morgan fingerprint density at radius 2 is 0.738 bits per heavy atom. The van der Waals surface area contributed by atoms with E-state index in [0.29, 0.717) is 6.42 Å². The number of carbonyl (C=O) groups excluding carboxylic acids is 1. The zero-order valence-electron chi connectivity index (χ0n) is 41.1. The number of rotatable bonds is 50. The molecule has 0 radical (unpaired) electrons. The van der Waals surface area contributed by atoms with Crippen molar-refractivity contribution in [1.82, 2.24) is 5.32 Å². The molecule has 61 heavy (non-hydrogen) atoms. The molecule has 0 aromatic rings. The number of hydrogen-bond acceptors (Lipinski definition) is 4. The molecule has 0 aromatic heterocycles. The second-order valence-electron chi connectivity index (χ2n) is 18.8. The standard InChI is InChI=1S/C56H107NO4/c1-3-5-7-9-11-13-14-15-16-17-18-19-20-21-22-23-24-25-26-27-28-29-30-31-32-33-34-35-36-37-38-39-40-42-43-45-47-49-53(59)51-56(61)57-54(52-58)55(60)50-48-46-44-41-12-10-8-6-4-2/h4,6,12,41,48,50,53-55,58-60H,3,5,7-11,13-40,42-47,49,51-52H2,1-2H3,(H,57,61)/b6-4+,41-12+,50-48+. The molecule has 0 rings (SSSR count). The van der Waals surface area contributed by atoms with Crippen molar-refractivity contribution in [1.29, 1.82) is 0 Å². The van der Waals surface area contributed by atoms with Crippen LogP contribution < -0.4 is 5.32 Å². The lowest BCUT2D eigenvalue weighted by molar-refractivity contribution is -0.124. The van der Waals surface area contributed by atoms with Gasteiger partial charge in [-0.2, -0.15) is 0 Å². The SMILES string of the molecule is C/C=C/CC/C=C/CC/C=C/C(O)C(CO)NC(=O)CC(O)CCCCCCCCCCCCCCCCCCCCCCCCCCCCCCCCCCCCCCC. The summed E-state index contributed by atoms with van der Waals surface area (Å²) in [4.78, 5) is 12.4. The van der Waals surface area contributed by atoms with Crippen LogP contribution in [0, 0.1) is 0 Å². The Morgan fingerprint density at radius 1 is 0.443 bits per heavy atom. The van der Waals surface area contributed by atoms with Crippen LogP contribution >= 0.6 is 0 Å². The Morgan fingerprint density at radius 3 is 1.05 bits per heavy atom. The summed E-state index contributed by atoms with van der Waals surface area (Å²) in [5.74, 6) is -0.329. The summed E-state index contributed by atoms with van der Waals surface area (Å²) < 4.78 is 0. The molecule has 5 heteroatoms. The number of aliphatic hydroxyl groups is 3. The predicted molar refractivity (Wildman–Crippen MR) is 268 cm³/mol. The summed E-state index contributed by atoms with van der Waals surface area (Å²) in [6, 6.07) is -0.764. The van der Waals surface area contributed by atoms with Crippen molar-refractivity contribution in [3.63, 3.8) is 0 Å². The van der Waals surface area contributed by atoms with Crippen molar-refractivity contribution in [3.05, 3.63) is 36.5 Å². The number of nitrogens with one attached hydrogen (secondary N) is 1. The molecule has 0 bridgehead atoms. The van der Waals surface area contributed by atoms with E-state index >= 15 is 0 Å². The van der Waals surface area contributed by atoms with Gasteiger partial charge in [-0.25, -0.2) is 0 Å². The summed E-state index contributed by atoms with van der Waals surface area (Å²) in [7, 11) is 0. The minimum Gasteiger partial charge on any atom is -0.394 e. The molecule has 3 unspecified atom stereocenters. The highest BCUT2D eigenvalue weighted by Gasteiger charge is 2.20. The molecule has 4 N–H and O–H groups in total. The summed E-state index contributed by atoms with van der Waals surface area (Å²) in [5.41, 5.74) is 0. The fourth-order valence-electron chi connectivity index (χ4n) is 8.62. The van der Waals surface area contributed by atoms with E-state index in [9.17, 15) is 20.1 Å². The molecule has 0 saturated carbocycles. The highest BCUT2D eigenvalue weighted by Crippen LogP contribution is 2.18. The van der Waals surface area contributed by atoms with Crippen LogP contribution in [-0.2, 0) is 4.79 Å². The maximum absolute atomic E-state index is 12.4. The lowest BCUT2D eigenvalue weighted by Crippen LogP contribution is -2.45. The number of carbonyl (C=O) groups is 1. The Bertz CT molecular complexity index is 947. The van der Waals surface area contributed by atoms with Gasteiger partial charge >= 0.3 is 0 Å². The van der Waals surface area contributed by atoms with Gasteiger partial charge in [-0.3, -0.25) is 4.79 Å². The maximum Gasteiger partial charge on any atom is 0.222 e. The summed E-state index contributed by atoms with van der Waals surface area (Å²) in [6.45, 7) is 3.98. The zero-order valence-corrected chi connectivity index (χ0v) is 41.1. The third kappa shape index (κ3) is 47.9. The molecule has 0 fully saturated rings. The van der Waals surface area contributed by atoms with Gasteiger partial charge in [0.2, 0.25) is 5.91 Å². The molecule has 5 nitrogen and oxygen atoms in total. The van der Waals surface area contributed by atoms with Gasteiger partial charge in [0.1, 0.15) is 0 Å². The van der Waals surface area contributed by atoms with Crippen LogP contribution in [0.25, 0.3) is 0 Å². The zero-order chi connectivity index (χ0) is 44.4. The van der Waals surface area contributed by atoms with Gasteiger partial charge in [-0.05, 0) is 39.0 Å².